The van der Waals surface area contributed by atoms with Gasteiger partial charge in [-0.05, 0) is 67.3 Å². The predicted molar refractivity (Wildman–Crippen MR) is 153 cm³/mol. The summed E-state index contributed by atoms with van der Waals surface area (Å²) in [5.74, 6) is 1.21. The van der Waals surface area contributed by atoms with Gasteiger partial charge >= 0.3 is 0 Å². The molecule has 0 fully saturated rings. The lowest BCUT2D eigenvalue weighted by Crippen LogP contribution is -2.27. The molecule has 0 bridgehead atoms. The first-order valence-electron chi connectivity index (χ1n) is 13.6. The summed E-state index contributed by atoms with van der Waals surface area (Å²) in [5, 5.41) is 7.17. The Hall–Kier alpha value is -3.97. The average molecular weight is 525 g/mol. The standard InChI is InChI=1S/C32H36N4O3/c1-6-33-32(37)30-29(23-15-24-18-36(5)13-12-27(24)34-17-23)31(39-35-30)26-16-25(20(2)3)21(4)14-28(26)38-19-22-10-8-7-9-11-22/h7-11,14-17,20H,6,12-13,18-19H2,1-5H3,(H,33,37). The summed E-state index contributed by atoms with van der Waals surface area (Å²) in [6.45, 7) is 11.0. The Morgan fingerprint density at radius 3 is 2.72 bits per heavy atom. The molecule has 0 radical (unpaired) electrons. The number of benzene rings is 2. The molecule has 7 nitrogen and oxygen atoms in total. The first kappa shape index (κ1) is 26.6. The molecule has 2 aromatic heterocycles. The van der Waals surface area contributed by atoms with Crippen LogP contribution in [0.3, 0.4) is 0 Å². The largest absolute Gasteiger partial charge is 0.488 e. The molecule has 0 unspecified atom stereocenters. The van der Waals surface area contributed by atoms with Crippen molar-refractivity contribution in [2.75, 3.05) is 20.1 Å². The van der Waals surface area contributed by atoms with Crippen molar-refractivity contribution < 1.29 is 14.1 Å². The number of hydrogen-bond donors (Lipinski definition) is 1. The van der Waals surface area contributed by atoms with Crippen LogP contribution in [0.15, 0.2) is 59.3 Å². The third kappa shape index (κ3) is 5.59. The molecule has 1 aliphatic rings. The van der Waals surface area contributed by atoms with Crippen LogP contribution in [0, 0.1) is 6.92 Å². The maximum Gasteiger partial charge on any atom is 0.274 e. The van der Waals surface area contributed by atoms with Crippen molar-refractivity contribution in [3.05, 3.63) is 88.4 Å². The molecular weight excluding hydrogens is 488 g/mol. The van der Waals surface area contributed by atoms with E-state index in [1.165, 1.54) is 5.56 Å². The molecule has 1 N–H and O–H groups in total. The van der Waals surface area contributed by atoms with Gasteiger partial charge in [-0.3, -0.25) is 9.78 Å². The summed E-state index contributed by atoms with van der Waals surface area (Å²) < 4.78 is 12.4. The Morgan fingerprint density at radius 2 is 1.97 bits per heavy atom. The van der Waals surface area contributed by atoms with E-state index in [1.54, 1.807) is 0 Å². The van der Waals surface area contributed by atoms with E-state index >= 15 is 0 Å². The van der Waals surface area contributed by atoms with E-state index in [0.717, 1.165) is 53.0 Å². The molecule has 0 saturated carbocycles. The molecule has 3 heterocycles. The number of likely N-dealkylation sites (N-methyl/N-ethyl adjacent to an activating group) is 1. The number of amides is 1. The summed E-state index contributed by atoms with van der Waals surface area (Å²) in [4.78, 5) is 20.2. The number of nitrogens with one attached hydrogen (secondary N) is 1. The van der Waals surface area contributed by atoms with Gasteiger partial charge in [0.2, 0.25) is 0 Å². The Kier molecular flexibility index (Phi) is 7.79. The van der Waals surface area contributed by atoms with Crippen LogP contribution in [-0.4, -0.2) is 41.1 Å². The number of rotatable bonds is 8. The van der Waals surface area contributed by atoms with Crippen molar-refractivity contribution in [3.63, 3.8) is 0 Å². The Labute approximate surface area is 230 Å². The van der Waals surface area contributed by atoms with Gasteiger partial charge in [0.1, 0.15) is 12.4 Å². The molecular formula is C32H36N4O3. The van der Waals surface area contributed by atoms with Gasteiger partial charge in [0.15, 0.2) is 11.5 Å². The van der Waals surface area contributed by atoms with E-state index in [4.69, 9.17) is 14.2 Å². The maximum atomic E-state index is 13.2. The van der Waals surface area contributed by atoms with Gasteiger partial charge in [-0.2, -0.15) is 0 Å². The van der Waals surface area contributed by atoms with E-state index in [-0.39, 0.29) is 11.6 Å². The predicted octanol–water partition coefficient (Wildman–Crippen LogP) is 6.15. The first-order chi connectivity index (χ1) is 18.9. The zero-order valence-corrected chi connectivity index (χ0v) is 23.4. The highest BCUT2D eigenvalue weighted by atomic mass is 16.5. The number of hydrogen-bond acceptors (Lipinski definition) is 6. The minimum atomic E-state index is -0.278. The minimum Gasteiger partial charge on any atom is -0.488 e. The van der Waals surface area contributed by atoms with Crippen LogP contribution in [0.1, 0.15) is 65.1 Å². The Bertz CT molecular complexity index is 1480. The molecule has 0 spiro atoms. The van der Waals surface area contributed by atoms with Crippen molar-refractivity contribution >= 4 is 5.91 Å². The van der Waals surface area contributed by atoms with Crippen LogP contribution in [0.2, 0.25) is 0 Å². The van der Waals surface area contributed by atoms with Gasteiger partial charge in [-0.1, -0.05) is 49.3 Å². The van der Waals surface area contributed by atoms with Crippen LogP contribution < -0.4 is 10.1 Å². The second-order valence-corrected chi connectivity index (χ2v) is 10.5. The van der Waals surface area contributed by atoms with Crippen LogP contribution in [0.4, 0.5) is 0 Å². The SMILES string of the molecule is CCNC(=O)c1noc(-c2cc(C(C)C)c(C)cc2OCc2ccccc2)c1-c1cnc2c(c1)CN(C)CC2. The van der Waals surface area contributed by atoms with Crippen molar-refractivity contribution in [2.45, 2.75) is 53.2 Å². The fraction of sp³-hybridized carbons (Fsp3) is 0.344. The molecule has 39 heavy (non-hydrogen) atoms. The van der Waals surface area contributed by atoms with Gasteiger partial charge < -0.3 is 19.5 Å². The number of pyridine rings is 1. The smallest absolute Gasteiger partial charge is 0.274 e. The highest BCUT2D eigenvalue weighted by Gasteiger charge is 2.28. The van der Waals surface area contributed by atoms with Crippen LogP contribution >= 0.6 is 0 Å². The van der Waals surface area contributed by atoms with Gasteiger partial charge in [-0.25, -0.2) is 0 Å². The number of carbonyl (C=O) groups is 1. The van der Waals surface area contributed by atoms with Crippen molar-refractivity contribution in [3.8, 4) is 28.2 Å². The number of aromatic nitrogens is 2. The number of nitrogens with zero attached hydrogens (tertiary/aromatic N) is 3. The Balaban J connectivity index is 1.67. The summed E-state index contributed by atoms with van der Waals surface area (Å²) in [6.07, 6.45) is 2.74. The van der Waals surface area contributed by atoms with Crippen LogP contribution in [0.5, 0.6) is 5.75 Å². The zero-order chi connectivity index (χ0) is 27.5. The molecule has 1 aliphatic heterocycles. The summed E-state index contributed by atoms with van der Waals surface area (Å²) in [6, 6.07) is 16.4. The Morgan fingerprint density at radius 1 is 1.18 bits per heavy atom. The topological polar surface area (TPSA) is 80.5 Å². The lowest BCUT2D eigenvalue weighted by atomic mass is 9.91. The van der Waals surface area contributed by atoms with Crippen LogP contribution in [0.25, 0.3) is 22.5 Å². The van der Waals surface area contributed by atoms with E-state index in [0.29, 0.717) is 36.1 Å². The minimum absolute atomic E-state index is 0.249. The maximum absolute atomic E-state index is 13.2. The van der Waals surface area contributed by atoms with Crippen molar-refractivity contribution in [2.24, 2.45) is 0 Å². The van der Waals surface area contributed by atoms with Crippen molar-refractivity contribution in [1.29, 1.82) is 0 Å². The molecule has 2 aromatic carbocycles. The molecule has 4 aromatic rings. The fourth-order valence-corrected chi connectivity index (χ4v) is 5.20. The van der Waals surface area contributed by atoms with E-state index in [1.807, 2.05) is 43.5 Å². The molecule has 5 rings (SSSR count). The molecule has 7 heteroatoms. The fourth-order valence-electron chi connectivity index (χ4n) is 5.20. The monoisotopic (exact) mass is 524 g/mol. The molecule has 0 aliphatic carbocycles. The van der Waals surface area contributed by atoms with E-state index in [2.05, 4.69) is 61.4 Å². The number of fused-ring (bicyclic) bond motifs is 1. The van der Waals surface area contributed by atoms with Gasteiger partial charge in [-0.15, -0.1) is 0 Å². The lowest BCUT2D eigenvalue weighted by Gasteiger charge is -2.24. The second kappa shape index (κ2) is 11.4. The summed E-state index contributed by atoms with van der Waals surface area (Å²) in [7, 11) is 2.11. The average Bonchev–Trinajstić information content (AvgIpc) is 3.37. The zero-order valence-electron chi connectivity index (χ0n) is 23.4. The number of aryl methyl sites for hydroxylation is 1. The summed E-state index contributed by atoms with van der Waals surface area (Å²) in [5.41, 5.74) is 8.10. The number of ether oxygens (including phenoxy) is 1. The van der Waals surface area contributed by atoms with E-state index < -0.39 is 0 Å². The van der Waals surface area contributed by atoms with Crippen LogP contribution in [-0.2, 0) is 19.6 Å². The highest BCUT2D eigenvalue weighted by Crippen LogP contribution is 2.42. The normalized spacial score (nSPS) is 13.4. The van der Waals surface area contributed by atoms with Gasteiger partial charge in [0.25, 0.3) is 5.91 Å². The second-order valence-electron chi connectivity index (χ2n) is 10.5. The van der Waals surface area contributed by atoms with Gasteiger partial charge in [0, 0.05) is 43.5 Å². The third-order valence-electron chi connectivity index (χ3n) is 7.24. The van der Waals surface area contributed by atoms with Crippen molar-refractivity contribution in [1.82, 2.24) is 20.4 Å². The molecule has 1 amide bonds. The first-order valence-corrected chi connectivity index (χ1v) is 13.6. The summed E-state index contributed by atoms with van der Waals surface area (Å²) >= 11 is 0. The molecule has 0 atom stereocenters. The quantitative estimate of drug-likeness (QED) is 0.298. The molecule has 0 saturated heterocycles. The lowest BCUT2D eigenvalue weighted by molar-refractivity contribution is 0.0947. The highest BCUT2D eigenvalue weighted by molar-refractivity contribution is 6.02. The molecule has 202 valence electrons. The number of carbonyl (C=O) groups excluding carboxylic acids is 1. The third-order valence-corrected chi connectivity index (χ3v) is 7.24. The van der Waals surface area contributed by atoms with E-state index in [9.17, 15) is 4.79 Å². The van der Waals surface area contributed by atoms with Gasteiger partial charge in [0.05, 0.1) is 11.1 Å².